The Labute approximate surface area is 179 Å². The molecule has 0 atom stereocenters. The van der Waals surface area contributed by atoms with Gasteiger partial charge in [-0.3, -0.25) is 4.79 Å². The number of esters is 1. The number of hydrogen-bond donors (Lipinski definition) is 1. The van der Waals surface area contributed by atoms with E-state index in [1.54, 1.807) is 24.3 Å². The summed E-state index contributed by atoms with van der Waals surface area (Å²) >= 11 is 0.867. The third kappa shape index (κ3) is 5.57. The Balaban J connectivity index is 1.54. The van der Waals surface area contributed by atoms with Gasteiger partial charge in [0.15, 0.2) is 4.88 Å². The summed E-state index contributed by atoms with van der Waals surface area (Å²) in [6.45, 7) is -0.256. The van der Waals surface area contributed by atoms with E-state index in [2.05, 4.69) is 14.9 Å². The van der Waals surface area contributed by atoms with E-state index in [4.69, 9.17) is 9.47 Å². The first-order chi connectivity index (χ1) is 14.8. The number of benzene rings is 2. The minimum atomic E-state index is -4.55. The average Bonchev–Trinajstić information content (AvgIpc) is 3.26. The molecule has 0 saturated carbocycles. The molecule has 0 spiro atoms. The van der Waals surface area contributed by atoms with Crippen molar-refractivity contribution in [2.45, 2.75) is 6.18 Å². The van der Waals surface area contributed by atoms with Crippen molar-refractivity contribution < 1.29 is 32.2 Å². The monoisotopic (exact) mass is 451 g/mol. The van der Waals surface area contributed by atoms with Crippen LogP contribution in [0.1, 0.15) is 25.6 Å². The summed E-state index contributed by atoms with van der Waals surface area (Å²) in [4.78, 5) is 24.6. The van der Waals surface area contributed by atoms with E-state index in [9.17, 15) is 22.8 Å². The molecule has 3 aromatic rings. The van der Waals surface area contributed by atoms with Gasteiger partial charge in [-0.1, -0.05) is 10.6 Å². The van der Waals surface area contributed by atoms with Crippen LogP contribution in [0.3, 0.4) is 0 Å². The smallest absolute Gasteiger partial charge is 0.416 e. The lowest BCUT2D eigenvalue weighted by Gasteiger charge is -2.09. The summed E-state index contributed by atoms with van der Waals surface area (Å²) in [5, 5.41) is 6.36. The third-order valence-corrected chi connectivity index (χ3v) is 4.82. The van der Waals surface area contributed by atoms with E-state index < -0.39 is 23.6 Å². The predicted octanol–water partition coefficient (Wildman–Crippen LogP) is 3.82. The van der Waals surface area contributed by atoms with E-state index in [0.29, 0.717) is 17.0 Å². The largest absolute Gasteiger partial charge is 0.497 e. The molecular weight excluding hydrogens is 435 g/mol. The SMILES string of the molecule is COc1ccc(-c2nnsc2C(=O)OCCNC(=O)c2cccc(C(F)(F)F)c2)cc1. The van der Waals surface area contributed by atoms with E-state index in [1.807, 2.05) is 0 Å². The number of methoxy groups -OCH3 is 1. The average molecular weight is 451 g/mol. The lowest BCUT2D eigenvalue weighted by atomic mass is 10.1. The number of amides is 1. The van der Waals surface area contributed by atoms with Crippen LogP contribution in [-0.4, -0.2) is 41.7 Å². The van der Waals surface area contributed by atoms with Crippen LogP contribution in [0.15, 0.2) is 48.5 Å². The number of halogens is 3. The topological polar surface area (TPSA) is 90.4 Å². The fraction of sp³-hybridized carbons (Fsp3) is 0.200. The Kier molecular flexibility index (Phi) is 6.85. The number of alkyl halides is 3. The van der Waals surface area contributed by atoms with E-state index in [1.165, 1.54) is 13.2 Å². The van der Waals surface area contributed by atoms with Crippen molar-refractivity contribution in [2.75, 3.05) is 20.3 Å². The molecule has 0 unspecified atom stereocenters. The Morgan fingerprint density at radius 2 is 1.87 bits per heavy atom. The summed E-state index contributed by atoms with van der Waals surface area (Å²) in [6.07, 6.45) is -4.55. The van der Waals surface area contributed by atoms with Crippen LogP contribution in [0.5, 0.6) is 5.75 Å². The Bertz CT molecular complexity index is 1070. The number of hydrogen-bond acceptors (Lipinski definition) is 7. The molecule has 1 aromatic heterocycles. The second kappa shape index (κ2) is 9.56. The van der Waals surface area contributed by atoms with Crippen LogP contribution in [0.2, 0.25) is 0 Å². The van der Waals surface area contributed by atoms with E-state index in [-0.39, 0.29) is 23.6 Å². The number of aromatic nitrogens is 2. The molecule has 0 aliphatic heterocycles. The van der Waals surface area contributed by atoms with Crippen molar-refractivity contribution in [2.24, 2.45) is 0 Å². The van der Waals surface area contributed by atoms with Crippen LogP contribution in [0.25, 0.3) is 11.3 Å². The normalized spacial score (nSPS) is 11.1. The molecule has 1 N–H and O–H groups in total. The molecule has 3 rings (SSSR count). The van der Waals surface area contributed by atoms with Gasteiger partial charge in [0.1, 0.15) is 18.1 Å². The summed E-state index contributed by atoms with van der Waals surface area (Å²) in [5.41, 5.74) is -0.0602. The van der Waals surface area contributed by atoms with Crippen molar-refractivity contribution >= 4 is 23.4 Å². The number of carbonyl (C=O) groups excluding carboxylic acids is 2. The maximum absolute atomic E-state index is 12.7. The first kappa shape index (κ1) is 22.2. The zero-order valence-electron chi connectivity index (χ0n) is 16.1. The van der Waals surface area contributed by atoms with E-state index in [0.717, 1.165) is 29.7 Å². The molecular formula is C20H16F3N3O4S. The highest BCUT2D eigenvalue weighted by Gasteiger charge is 2.30. The molecule has 0 saturated heterocycles. The quantitative estimate of drug-likeness (QED) is 0.434. The minimum absolute atomic E-state index is 0.0785. The molecule has 0 fully saturated rings. The molecule has 2 aromatic carbocycles. The fourth-order valence-electron chi connectivity index (χ4n) is 2.58. The number of carbonyl (C=O) groups is 2. The number of nitrogens with one attached hydrogen (secondary N) is 1. The molecule has 7 nitrogen and oxygen atoms in total. The fourth-order valence-corrected chi connectivity index (χ4v) is 3.16. The molecule has 0 bridgehead atoms. The van der Waals surface area contributed by atoms with Gasteiger partial charge < -0.3 is 14.8 Å². The van der Waals surface area contributed by atoms with Crippen LogP contribution in [0, 0.1) is 0 Å². The van der Waals surface area contributed by atoms with E-state index >= 15 is 0 Å². The first-order valence-corrected chi connectivity index (χ1v) is 9.66. The van der Waals surface area contributed by atoms with Crippen LogP contribution in [-0.2, 0) is 10.9 Å². The van der Waals surface area contributed by atoms with Gasteiger partial charge in [0, 0.05) is 11.1 Å². The lowest BCUT2D eigenvalue weighted by Crippen LogP contribution is -2.28. The summed E-state index contributed by atoms with van der Waals surface area (Å²) in [7, 11) is 1.54. The Hall–Kier alpha value is -3.47. The van der Waals surface area contributed by atoms with Gasteiger partial charge in [-0.25, -0.2) is 4.79 Å². The first-order valence-electron chi connectivity index (χ1n) is 8.89. The second-order valence-electron chi connectivity index (χ2n) is 6.15. The third-order valence-electron chi connectivity index (χ3n) is 4.11. The summed E-state index contributed by atoms with van der Waals surface area (Å²) < 4.78 is 52.3. The Morgan fingerprint density at radius 1 is 1.13 bits per heavy atom. The van der Waals surface area contributed by atoms with Gasteiger partial charge >= 0.3 is 12.1 Å². The second-order valence-corrected chi connectivity index (χ2v) is 6.90. The van der Waals surface area contributed by atoms with Gasteiger partial charge in [0.2, 0.25) is 0 Å². The minimum Gasteiger partial charge on any atom is -0.497 e. The molecule has 0 radical (unpaired) electrons. The zero-order chi connectivity index (χ0) is 22.4. The zero-order valence-corrected chi connectivity index (χ0v) is 16.9. The van der Waals surface area contributed by atoms with Gasteiger partial charge in [0.05, 0.1) is 19.2 Å². The van der Waals surface area contributed by atoms with Gasteiger partial charge in [-0.2, -0.15) is 13.2 Å². The highest BCUT2D eigenvalue weighted by Crippen LogP contribution is 2.29. The summed E-state index contributed by atoms with van der Waals surface area (Å²) in [5.74, 6) is -0.734. The standard InChI is InChI=1S/C20H16F3N3O4S/c1-29-15-7-5-12(6-8-15)16-17(31-26-25-16)19(28)30-10-9-24-18(27)13-3-2-4-14(11-13)20(21,22)23/h2-8,11H,9-10H2,1H3,(H,24,27). The summed E-state index contributed by atoms with van der Waals surface area (Å²) in [6, 6.07) is 10.9. The van der Waals surface area contributed by atoms with Gasteiger partial charge in [-0.15, -0.1) is 5.10 Å². The highest BCUT2D eigenvalue weighted by atomic mass is 32.1. The predicted molar refractivity (Wildman–Crippen MR) is 106 cm³/mol. The number of nitrogens with zero attached hydrogens (tertiary/aromatic N) is 2. The van der Waals surface area contributed by atoms with Crippen molar-refractivity contribution in [1.82, 2.24) is 14.9 Å². The molecule has 1 heterocycles. The van der Waals surface area contributed by atoms with Crippen molar-refractivity contribution in [3.05, 3.63) is 64.5 Å². The molecule has 0 aliphatic carbocycles. The van der Waals surface area contributed by atoms with Crippen molar-refractivity contribution in [3.63, 3.8) is 0 Å². The lowest BCUT2D eigenvalue weighted by molar-refractivity contribution is -0.137. The molecule has 11 heteroatoms. The number of rotatable bonds is 7. The van der Waals surface area contributed by atoms with Crippen LogP contribution in [0.4, 0.5) is 13.2 Å². The van der Waals surface area contributed by atoms with Crippen LogP contribution >= 0.6 is 11.5 Å². The van der Waals surface area contributed by atoms with Crippen LogP contribution < -0.4 is 10.1 Å². The molecule has 31 heavy (non-hydrogen) atoms. The van der Waals surface area contributed by atoms with Gasteiger partial charge in [-0.05, 0) is 54.0 Å². The Morgan fingerprint density at radius 3 is 2.55 bits per heavy atom. The maximum Gasteiger partial charge on any atom is 0.416 e. The maximum atomic E-state index is 12.7. The van der Waals surface area contributed by atoms with Gasteiger partial charge in [0.25, 0.3) is 5.91 Å². The molecule has 162 valence electrons. The van der Waals surface area contributed by atoms with Crippen molar-refractivity contribution in [3.8, 4) is 17.0 Å². The molecule has 0 aliphatic rings. The molecule has 1 amide bonds. The van der Waals surface area contributed by atoms with Crippen molar-refractivity contribution in [1.29, 1.82) is 0 Å². The number of ether oxygens (including phenoxy) is 2. The highest BCUT2D eigenvalue weighted by molar-refractivity contribution is 7.08.